The molecule has 3 heteroatoms. The van der Waals surface area contributed by atoms with Crippen molar-refractivity contribution in [3.63, 3.8) is 0 Å². The van der Waals surface area contributed by atoms with Gasteiger partial charge in [-0.05, 0) is 42.4 Å². The van der Waals surface area contributed by atoms with Crippen molar-refractivity contribution in [1.29, 1.82) is 0 Å². The molecular formula is C21H25NO2. The van der Waals surface area contributed by atoms with Gasteiger partial charge in [0.25, 0.3) is 0 Å². The maximum atomic E-state index is 11.0. The number of hydrogen-bond donors (Lipinski definition) is 2. The maximum absolute atomic E-state index is 11.0. The Balaban J connectivity index is 1.47. The number of aryl methyl sites for hydroxylation is 1. The largest absolute Gasteiger partial charge is 0.387 e. The Morgan fingerprint density at radius 1 is 0.917 bits per heavy atom. The van der Waals surface area contributed by atoms with Crippen LogP contribution in [-0.4, -0.2) is 34.2 Å². The molecule has 3 nitrogen and oxygen atoms in total. The van der Waals surface area contributed by atoms with Crippen molar-refractivity contribution >= 4 is 0 Å². The normalized spacial score (nSPS) is 26.8. The maximum Gasteiger partial charge on any atom is 0.0947 e. The number of piperidine rings is 1. The predicted molar refractivity (Wildman–Crippen MR) is 94.7 cm³/mol. The molecule has 0 unspecified atom stereocenters. The van der Waals surface area contributed by atoms with E-state index in [0.29, 0.717) is 0 Å². The summed E-state index contributed by atoms with van der Waals surface area (Å²) in [6.45, 7) is 1.66. The molecular weight excluding hydrogens is 298 g/mol. The van der Waals surface area contributed by atoms with E-state index in [0.717, 1.165) is 49.9 Å². The predicted octanol–water partition coefficient (Wildman–Crippen LogP) is 3.02. The monoisotopic (exact) mass is 323 g/mol. The van der Waals surface area contributed by atoms with Crippen LogP contribution in [0.15, 0.2) is 54.6 Å². The molecule has 1 heterocycles. The molecule has 2 atom stereocenters. The number of rotatable bonds is 2. The Morgan fingerprint density at radius 3 is 2.33 bits per heavy atom. The second-order valence-corrected chi connectivity index (χ2v) is 7.18. The Hall–Kier alpha value is -1.68. The number of benzene rings is 2. The van der Waals surface area contributed by atoms with E-state index < -0.39 is 11.7 Å². The Kier molecular flexibility index (Phi) is 4.17. The van der Waals surface area contributed by atoms with Crippen LogP contribution >= 0.6 is 0 Å². The van der Waals surface area contributed by atoms with Crippen molar-refractivity contribution in [2.45, 2.75) is 43.4 Å². The average Bonchev–Trinajstić information content (AvgIpc) is 2.64. The number of nitrogens with zero attached hydrogens (tertiary/aromatic N) is 1. The molecule has 1 aliphatic heterocycles. The third kappa shape index (κ3) is 2.77. The second kappa shape index (κ2) is 6.32. The molecule has 0 saturated carbocycles. The van der Waals surface area contributed by atoms with E-state index in [9.17, 15) is 10.2 Å². The summed E-state index contributed by atoms with van der Waals surface area (Å²) >= 11 is 0. The summed E-state index contributed by atoms with van der Waals surface area (Å²) < 4.78 is 0. The van der Waals surface area contributed by atoms with Gasteiger partial charge < -0.3 is 10.2 Å². The number of fused-ring (bicyclic) bond motifs is 1. The minimum atomic E-state index is -0.727. The number of hydrogen-bond acceptors (Lipinski definition) is 3. The Morgan fingerprint density at radius 2 is 1.58 bits per heavy atom. The zero-order valence-corrected chi connectivity index (χ0v) is 13.9. The third-order valence-electron chi connectivity index (χ3n) is 5.85. The summed E-state index contributed by atoms with van der Waals surface area (Å²) in [4.78, 5) is 2.37. The summed E-state index contributed by atoms with van der Waals surface area (Å²) in [6, 6.07) is 18.4. The summed E-state index contributed by atoms with van der Waals surface area (Å²) in [5, 5.41) is 21.8. The fourth-order valence-corrected chi connectivity index (χ4v) is 4.36. The topological polar surface area (TPSA) is 43.7 Å². The lowest BCUT2D eigenvalue weighted by Crippen LogP contribution is -2.50. The average molecular weight is 323 g/mol. The molecule has 2 N–H and O–H groups in total. The minimum Gasteiger partial charge on any atom is -0.387 e. The van der Waals surface area contributed by atoms with E-state index in [-0.39, 0.29) is 6.04 Å². The summed E-state index contributed by atoms with van der Waals surface area (Å²) in [7, 11) is 0. The van der Waals surface area contributed by atoms with Crippen LogP contribution in [0.1, 0.15) is 42.1 Å². The highest BCUT2D eigenvalue weighted by molar-refractivity contribution is 5.33. The first-order valence-corrected chi connectivity index (χ1v) is 8.95. The van der Waals surface area contributed by atoms with Crippen molar-refractivity contribution in [2.24, 2.45) is 0 Å². The lowest BCUT2D eigenvalue weighted by atomic mass is 9.81. The van der Waals surface area contributed by atoms with Crippen molar-refractivity contribution in [3.05, 3.63) is 71.3 Å². The molecule has 2 aliphatic rings. The van der Waals surface area contributed by atoms with Crippen molar-refractivity contribution < 1.29 is 10.2 Å². The Bertz CT molecular complexity index is 692. The van der Waals surface area contributed by atoms with Gasteiger partial charge in [0.05, 0.1) is 11.7 Å². The van der Waals surface area contributed by atoms with Crippen LogP contribution in [0.4, 0.5) is 0 Å². The van der Waals surface area contributed by atoms with Gasteiger partial charge in [-0.3, -0.25) is 4.90 Å². The molecule has 2 aromatic carbocycles. The SMILES string of the molecule is O[C@@H]1c2ccccc2CC[C@H]1N1CCC(O)(c2ccccc2)CC1. The van der Waals surface area contributed by atoms with Gasteiger partial charge in [-0.15, -0.1) is 0 Å². The van der Waals surface area contributed by atoms with Gasteiger partial charge in [0, 0.05) is 19.1 Å². The van der Waals surface area contributed by atoms with Crippen molar-refractivity contribution in [1.82, 2.24) is 4.90 Å². The lowest BCUT2D eigenvalue weighted by molar-refractivity contribution is -0.0568. The minimum absolute atomic E-state index is 0.167. The highest BCUT2D eigenvalue weighted by Crippen LogP contribution is 2.38. The molecule has 4 rings (SSSR count). The van der Waals surface area contributed by atoms with Gasteiger partial charge in [-0.2, -0.15) is 0 Å². The fraction of sp³-hybridized carbons (Fsp3) is 0.429. The van der Waals surface area contributed by atoms with Crippen molar-refractivity contribution in [3.8, 4) is 0 Å². The standard InChI is InChI=1S/C21H25NO2/c23-20-18-9-5-4-6-16(18)10-11-19(20)22-14-12-21(24,13-15-22)17-7-2-1-3-8-17/h1-9,19-20,23-24H,10-15H2/t19-,20-/m1/s1. The smallest absolute Gasteiger partial charge is 0.0947 e. The number of aliphatic hydroxyl groups excluding tert-OH is 1. The van der Waals surface area contributed by atoms with Crippen LogP contribution in [-0.2, 0) is 12.0 Å². The van der Waals surface area contributed by atoms with Crippen LogP contribution in [0.5, 0.6) is 0 Å². The Labute approximate surface area is 143 Å². The molecule has 0 spiro atoms. The molecule has 0 radical (unpaired) electrons. The lowest BCUT2D eigenvalue weighted by Gasteiger charge is -2.45. The van der Waals surface area contributed by atoms with E-state index in [2.05, 4.69) is 17.0 Å². The zero-order valence-electron chi connectivity index (χ0n) is 13.9. The first-order chi connectivity index (χ1) is 11.7. The van der Waals surface area contributed by atoms with Gasteiger partial charge in [-0.25, -0.2) is 0 Å². The molecule has 0 bridgehead atoms. The molecule has 126 valence electrons. The van der Waals surface area contributed by atoms with E-state index in [4.69, 9.17) is 0 Å². The summed E-state index contributed by atoms with van der Waals surface area (Å²) in [6.07, 6.45) is 3.04. The third-order valence-corrected chi connectivity index (χ3v) is 5.85. The van der Waals surface area contributed by atoms with Crippen LogP contribution < -0.4 is 0 Å². The first kappa shape index (κ1) is 15.8. The molecule has 1 aliphatic carbocycles. The first-order valence-electron chi connectivity index (χ1n) is 8.95. The molecule has 2 aromatic rings. The molecule has 24 heavy (non-hydrogen) atoms. The fourth-order valence-electron chi connectivity index (χ4n) is 4.36. The van der Waals surface area contributed by atoms with Crippen molar-refractivity contribution in [2.75, 3.05) is 13.1 Å². The second-order valence-electron chi connectivity index (χ2n) is 7.18. The molecule has 1 saturated heterocycles. The highest BCUT2D eigenvalue weighted by Gasteiger charge is 2.39. The van der Waals surface area contributed by atoms with Crippen LogP contribution in [0.2, 0.25) is 0 Å². The van der Waals surface area contributed by atoms with Gasteiger partial charge in [-0.1, -0.05) is 54.6 Å². The molecule has 0 amide bonds. The van der Waals surface area contributed by atoms with Crippen LogP contribution in [0, 0.1) is 0 Å². The van der Waals surface area contributed by atoms with Gasteiger partial charge >= 0.3 is 0 Å². The number of aliphatic hydroxyl groups is 2. The van der Waals surface area contributed by atoms with Gasteiger partial charge in [0.1, 0.15) is 0 Å². The van der Waals surface area contributed by atoms with Crippen LogP contribution in [0.25, 0.3) is 0 Å². The van der Waals surface area contributed by atoms with Gasteiger partial charge in [0.15, 0.2) is 0 Å². The summed E-state index contributed by atoms with van der Waals surface area (Å²) in [5.41, 5.74) is 2.64. The van der Waals surface area contributed by atoms with E-state index in [1.165, 1.54) is 5.56 Å². The van der Waals surface area contributed by atoms with Gasteiger partial charge in [0.2, 0.25) is 0 Å². The number of likely N-dealkylation sites (tertiary alicyclic amines) is 1. The van der Waals surface area contributed by atoms with E-state index in [1.807, 2.05) is 42.5 Å². The van der Waals surface area contributed by atoms with Crippen LogP contribution in [0.3, 0.4) is 0 Å². The highest BCUT2D eigenvalue weighted by atomic mass is 16.3. The van der Waals surface area contributed by atoms with E-state index >= 15 is 0 Å². The molecule has 0 aromatic heterocycles. The molecule has 1 fully saturated rings. The zero-order chi connectivity index (χ0) is 16.6. The quantitative estimate of drug-likeness (QED) is 0.893. The summed E-state index contributed by atoms with van der Waals surface area (Å²) in [5.74, 6) is 0. The van der Waals surface area contributed by atoms with E-state index in [1.54, 1.807) is 0 Å².